The SMILES string of the molecule is COc1ccc([C@@H](C)NC(=O)c2ccc(Cl)c(S(=O)(=O)Nc3ccccc3C)c2)cc1. The monoisotopic (exact) mass is 458 g/mol. The van der Waals surface area contributed by atoms with E-state index in [1.54, 1.807) is 32.2 Å². The second kappa shape index (κ2) is 9.41. The van der Waals surface area contributed by atoms with Gasteiger partial charge in [-0.15, -0.1) is 0 Å². The zero-order valence-corrected chi connectivity index (χ0v) is 18.9. The highest BCUT2D eigenvalue weighted by atomic mass is 35.5. The fraction of sp³-hybridized carbons (Fsp3) is 0.174. The highest BCUT2D eigenvalue weighted by Gasteiger charge is 2.21. The molecule has 0 unspecified atom stereocenters. The summed E-state index contributed by atoms with van der Waals surface area (Å²) in [5.41, 5.74) is 2.29. The smallest absolute Gasteiger partial charge is 0.263 e. The molecule has 0 aliphatic rings. The van der Waals surface area contributed by atoms with Crippen LogP contribution in [-0.2, 0) is 10.0 Å². The average molecular weight is 459 g/mol. The van der Waals surface area contributed by atoms with Crippen molar-refractivity contribution >= 4 is 33.2 Å². The van der Waals surface area contributed by atoms with Crippen LogP contribution in [0.3, 0.4) is 0 Å². The highest BCUT2D eigenvalue weighted by molar-refractivity contribution is 7.92. The van der Waals surface area contributed by atoms with Gasteiger partial charge in [0.15, 0.2) is 0 Å². The molecule has 0 bridgehead atoms. The number of amides is 1. The van der Waals surface area contributed by atoms with Crippen LogP contribution in [-0.4, -0.2) is 21.4 Å². The van der Waals surface area contributed by atoms with E-state index in [1.165, 1.54) is 18.2 Å². The average Bonchev–Trinajstić information content (AvgIpc) is 2.75. The fourth-order valence-electron chi connectivity index (χ4n) is 2.99. The number of ether oxygens (including phenoxy) is 1. The Hall–Kier alpha value is -3.03. The Balaban J connectivity index is 1.82. The maximum Gasteiger partial charge on any atom is 0.263 e. The first-order valence-electron chi connectivity index (χ1n) is 9.54. The first-order chi connectivity index (χ1) is 14.7. The Morgan fingerprint density at radius 3 is 2.35 bits per heavy atom. The van der Waals surface area contributed by atoms with Gasteiger partial charge >= 0.3 is 0 Å². The third-order valence-electron chi connectivity index (χ3n) is 4.84. The van der Waals surface area contributed by atoms with Crippen molar-refractivity contribution in [1.82, 2.24) is 5.32 Å². The summed E-state index contributed by atoms with van der Waals surface area (Å²) in [4.78, 5) is 12.6. The molecule has 2 N–H and O–H groups in total. The van der Waals surface area contributed by atoms with Crippen molar-refractivity contribution in [2.45, 2.75) is 24.8 Å². The third-order valence-corrected chi connectivity index (χ3v) is 6.68. The van der Waals surface area contributed by atoms with E-state index in [0.29, 0.717) is 5.69 Å². The summed E-state index contributed by atoms with van der Waals surface area (Å²) in [6.45, 7) is 3.64. The van der Waals surface area contributed by atoms with Gasteiger partial charge in [0.25, 0.3) is 15.9 Å². The number of carbonyl (C=O) groups is 1. The van der Waals surface area contributed by atoms with Crippen molar-refractivity contribution in [1.29, 1.82) is 0 Å². The third kappa shape index (κ3) is 5.37. The predicted molar refractivity (Wildman–Crippen MR) is 122 cm³/mol. The van der Waals surface area contributed by atoms with Crippen LogP contribution >= 0.6 is 11.6 Å². The van der Waals surface area contributed by atoms with Gasteiger partial charge in [0.05, 0.1) is 23.9 Å². The van der Waals surface area contributed by atoms with Gasteiger partial charge in [0.2, 0.25) is 0 Å². The van der Waals surface area contributed by atoms with E-state index >= 15 is 0 Å². The molecule has 0 aliphatic carbocycles. The molecule has 1 amide bonds. The highest BCUT2D eigenvalue weighted by Crippen LogP contribution is 2.26. The van der Waals surface area contributed by atoms with E-state index in [2.05, 4.69) is 10.0 Å². The van der Waals surface area contributed by atoms with Gasteiger partial charge in [0, 0.05) is 5.56 Å². The molecule has 3 rings (SSSR count). The van der Waals surface area contributed by atoms with Gasteiger partial charge in [-0.3, -0.25) is 9.52 Å². The molecule has 162 valence electrons. The first kappa shape index (κ1) is 22.7. The quantitative estimate of drug-likeness (QED) is 0.524. The maximum atomic E-state index is 12.9. The number of nitrogens with one attached hydrogen (secondary N) is 2. The molecule has 1 atom stereocenters. The van der Waals surface area contributed by atoms with Gasteiger partial charge in [-0.05, 0) is 61.4 Å². The lowest BCUT2D eigenvalue weighted by Crippen LogP contribution is -2.27. The summed E-state index contributed by atoms with van der Waals surface area (Å²) in [7, 11) is -2.40. The number of aryl methyl sites for hydroxylation is 1. The van der Waals surface area contributed by atoms with Crippen LogP contribution in [0.25, 0.3) is 0 Å². The van der Waals surface area contributed by atoms with Crippen LogP contribution < -0.4 is 14.8 Å². The number of para-hydroxylation sites is 1. The summed E-state index contributed by atoms with van der Waals surface area (Å²) in [5, 5.41) is 2.90. The molecule has 3 aromatic carbocycles. The minimum absolute atomic E-state index is 0.0286. The molecular weight excluding hydrogens is 436 g/mol. The second-order valence-corrected chi connectivity index (χ2v) is 9.09. The van der Waals surface area contributed by atoms with Crippen molar-refractivity contribution in [3.05, 3.63) is 88.4 Å². The Bertz CT molecular complexity index is 1190. The number of rotatable bonds is 7. The van der Waals surface area contributed by atoms with Crippen molar-refractivity contribution in [2.75, 3.05) is 11.8 Å². The summed E-state index contributed by atoms with van der Waals surface area (Å²) in [6, 6.07) is 18.2. The molecular formula is C23H23ClN2O4S. The van der Waals surface area contributed by atoms with Gasteiger partial charge in [-0.1, -0.05) is 41.9 Å². The molecule has 0 spiro atoms. The van der Waals surface area contributed by atoms with Crippen LogP contribution in [0.1, 0.15) is 34.5 Å². The van der Waals surface area contributed by atoms with E-state index in [0.717, 1.165) is 16.9 Å². The molecule has 0 aliphatic heterocycles. The van der Waals surface area contributed by atoms with Crippen LogP contribution in [0.5, 0.6) is 5.75 Å². The zero-order chi connectivity index (χ0) is 22.6. The molecule has 6 nitrogen and oxygen atoms in total. The standard InChI is InChI=1S/C23H23ClN2O4S/c1-15-6-4-5-7-21(15)26-31(28,29)22-14-18(10-13-20(22)24)23(27)25-16(2)17-8-11-19(30-3)12-9-17/h4-14,16,26H,1-3H3,(H,25,27)/t16-/m1/s1. The molecule has 0 saturated carbocycles. The second-order valence-electron chi connectivity index (χ2n) is 7.03. The van der Waals surface area contributed by atoms with E-state index in [9.17, 15) is 13.2 Å². The summed E-state index contributed by atoms with van der Waals surface area (Å²) in [5.74, 6) is 0.309. The van der Waals surface area contributed by atoms with E-state index < -0.39 is 15.9 Å². The zero-order valence-electron chi connectivity index (χ0n) is 17.3. The van der Waals surface area contributed by atoms with Gasteiger partial charge in [-0.2, -0.15) is 0 Å². The van der Waals surface area contributed by atoms with Crippen LogP contribution in [0.4, 0.5) is 5.69 Å². The normalized spacial score (nSPS) is 12.1. The minimum Gasteiger partial charge on any atom is -0.497 e. The van der Waals surface area contributed by atoms with Crippen molar-refractivity contribution in [2.24, 2.45) is 0 Å². The van der Waals surface area contributed by atoms with E-state index in [4.69, 9.17) is 16.3 Å². The van der Waals surface area contributed by atoms with Crippen LogP contribution in [0.15, 0.2) is 71.6 Å². The number of sulfonamides is 1. The molecule has 8 heteroatoms. The summed E-state index contributed by atoms with van der Waals surface area (Å²) < 4.78 is 33.5. The lowest BCUT2D eigenvalue weighted by Gasteiger charge is -2.16. The van der Waals surface area contributed by atoms with Crippen molar-refractivity contribution in [3.63, 3.8) is 0 Å². The lowest BCUT2D eigenvalue weighted by molar-refractivity contribution is 0.0939. The molecule has 0 aromatic heterocycles. The predicted octanol–water partition coefficient (Wildman–Crippen LogP) is 4.95. The molecule has 0 radical (unpaired) electrons. The van der Waals surface area contributed by atoms with Gasteiger partial charge in [-0.25, -0.2) is 8.42 Å². The van der Waals surface area contributed by atoms with Crippen LogP contribution in [0.2, 0.25) is 5.02 Å². The summed E-state index contributed by atoms with van der Waals surface area (Å²) >= 11 is 6.16. The Labute approximate surface area is 187 Å². The number of halogens is 1. The van der Waals surface area contributed by atoms with Crippen molar-refractivity contribution < 1.29 is 17.9 Å². The number of hydrogen-bond acceptors (Lipinski definition) is 4. The number of benzene rings is 3. The molecule has 31 heavy (non-hydrogen) atoms. The van der Waals surface area contributed by atoms with Gasteiger partial charge < -0.3 is 10.1 Å². The number of methoxy groups -OCH3 is 1. The molecule has 3 aromatic rings. The Morgan fingerprint density at radius 2 is 1.71 bits per heavy atom. The Kier molecular flexibility index (Phi) is 6.87. The summed E-state index contributed by atoms with van der Waals surface area (Å²) in [6.07, 6.45) is 0. The number of carbonyl (C=O) groups excluding carboxylic acids is 1. The largest absolute Gasteiger partial charge is 0.497 e. The van der Waals surface area contributed by atoms with Crippen LogP contribution in [0, 0.1) is 6.92 Å². The maximum absolute atomic E-state index is 12.9. The van der Waals surface area contributed by atoms with E-state index in [1.807, 2.05) is 37.3 Å². The van der Waals surface area contributed by atoms with Gasteiger partial charge in [0.1, 0.15) is 10.6 Å². The lowest BCUT2D eigenvalue weighted by atomic mass is 10.1. The molecule has 0 fully saturated rings. The number of anilines is 1. The molecule has 0 saturated heterocycles. The fourth-order valence-corrected chi connectivity index (χ4v) is 4.65. The molecule has 0 heterocycles. The topological polar surface area (TPSA) is 84.5 Å². The minimum atomic E-state index is -3.99. The Morgan fingerprint density at radius 1 is 1.03 bits per heavy atom. The first-order valence-corrected chi connectivity index (χ1v) is 11.4. The van der Waals surface area contributed by atoms with Crippen molar-refractivity contribution in [3.8, 4) is 5.75 Å². The number of hydrogen-bond donors (Lipinski definition) is 2. The van der Waals surface area contributed by atoms with E-state index in [-0.39, 0.29) is 21.5 Å².